The molecular formula is C20H18Cl2F3N3O3. The lowest BCUT2D eigenvalue weighted by Crippen LogP contribution is -2.29. The van der Waals surface area contributed by atoms with E-state index in [-0.39, 0.29) is 24.6 Å². The Hall–Kier alpha value is -2.78. The summed E-state index contributed by atoms with van der Waals surface area (Å²) in [5, 5.41) is 6.54. The lowest BCUT2D eigenvalue weighted by Gasteiger charge is -2.09. The fourth-order valence-corrected chi connectivity index (χ4v) is 2.76. The van der Waals surface area contributed by atoms with Crippen LogP contribution in [0.5, 0.6) is 5.75 Å². The summed E-state index contributed by atoms with van der Waals surface area (Å²) in [5.74, 6) is -1.99. The number of carbonyl (C=O) groups excluding carboxylic acids is 2. The Morgan fingerprint density at radius 1 is 1.13 bits per heavy atom. The minimum absolute atomic E-state index is 0.0429. The molecule has 2 aromatic rings. The van der Waals surface area contributed by atoms with E-state index in [9.17, 15) is 22.8 Å². The van der Waals surface area contributed by atoms with Crippen LogP contribution >= 0.6 is 23.2 Å². The first-order valence-corrected chi connectivity index (χ1v) is 9.71. The minimum Gasteiger partial charge on any atom is -0.492 e. The van der Waals surface area contributed by atoms with Gasteiger partial charge >= 0.3 is 12.1 Å². The number of halogens is 5. The molecule has 0 saturated heterocycles. The van der Waals surface area contributed by atoms with Crippen molar-refractivity contribution in [3.63, 3.8) is 0 Å². The normalized spacial score (nSPS) is 11.7. The highest BCUT2D eigenvalue weighted by Gasteiger charge is 2.38. The third-order valence-corrected chi connectivity index (χ3v) is 4.37. The van der Waals surface area contributed by atoms with Crippen molar-refractivity contribution < 1.29 is 27.5 Å². The lowest BCUT2D eigenvalue weighted by molar-refractivity contribution is -0.167. The van der Waals surface area contributed by atoms with Gasteiger partial charge in [0.1, 0.15) is 5.75 Å². The van der Waals surface area contributed by atoms with Gasteiger partial charge in [-0.05, 0) is 49.2 Å². The molecule has 2 amide bonds. The van der Waals surface area contributed by atoms with Gasteiger partial charge in [0.2, 0.25) is 5.91 Å². The van der Waals surface area contributed by atoms with E-state index in [1.165, 1.54) is 18.2 Å². The lowest BCUT2D eigenvalue weighted by atomic mass is 10.1. The number of nitrogens with one attached hydrogen (secondary N) is 2. The number of nitrogens with zero attached hydrogens (tertiary/aromatic N) is 1. The summed E-state index contributed by atoms with van der Waals surface area (Å²) < 4.78 is 42.6. The van der Waals surface area contributed by atoms with Gasteiger partial charge in [-0.25, -0.2) is 5.43 Å². The zero-order chi connectivity index (χ0) is 23.0. The fourth-order valence-electron chi connectivity index (χ4n) is 2.30. The summed E-state index contributed by atoms with van der Waals surface area (Å²) in [7, 11) is 0. The second-order valence-corrected chi connectivity index (χ2v) is 7.14. The minimum atomic E-state index is -4.99. The first kappa shape index (κ1) is 24.5. The first-order valence-electron chi connectivity index (χ1n) is 8.96. The number of hydrogen-bond acceptors (Lipinski definition) is 4. The van der Waals surface area contributed by atoms with Crippen LogP contribution in [0.4, 0.5) is 18.9 Å². The molecule has 0 heterocycles. The van der Waals surface area contributed by atoms with Gasteiger partial charge in [-0.15, -0.1) is 0 Å². The monoisotopic (exact) mass is 475 g/mol. The summed E-state index contributed by atoms with van der Waals surface area (Å²) >= 11 is 11.8. The molecule has 166 valence electrons. The van der Waals surface area contributed by atoms with Crippen LogP contribution in [0.1, 0.15) is 25.3 Å². The van der Waals surface area contributed by atoms with Gasteiger partial charge in [-0.1, -0.05) is 35.3 Å². The molecule has 0 saturated carbocycles. The van der Waals surface area contributed by atoms with Crippen LogP contribution in [-0.2, 0) is 9.59 Å². The van der Waals surface area contributed by atoms with Crippen molar-refractivity contribution in [1.82, 2.24) is 5.43 Å². The van der Waals surface area contributed by atoms with Gasteiger partial charge in [0.15, 0.2) is 0 Å². The topological polar surface area (TPSA) is 79.8 Å². The molecule has 0 aliphatic heterocycles. The average Bonchev–Trinajstić information content (AvgIpc) is 2.70. The number of hydrogen-bond donors (Lipinski definition) is 2. The van der Waals surface area contributed by atoms with E-state index < -0.39 is 12.1 Å². The highest BCUT2D eigenvalue weighted by atomic mass is 35.5. The summed E-state index contributed by atoms with van der Waals surface area (Å²) in [6, 6.07) is 10.5. The first-order chi connectivity index (χ1) is 14.6. The molecule has 0 spiro atoms. The molecule has 0 aliphatic rings. The average molecular weight is 476 g/mol. The van der Waals surface area contributed by atoms with Crippen LogP contribution in [-0.4, -0.2) is 30.3 Å². The molecule has 0 unspecified atom stereocenters. The van der Waals surface area contributed by atoms with Crippen LogP contribution in [0.15, 0.2) is 47.6 Å². The molecule has 0 radical (unpaired) electrons. The van der Waals surface area contributed by atoms with Crippen LogP contribution in [0.25, 0.3) is 0 Å². The predicted molar refractivity (Wildman–Crippen MR) is 113 cm³/mol. The third kappa shape index (κ3) is 8.10. The molecule has 0 aromatic heterocycles. The molecule has 0 bridgehead atoms. The van der Waals surface area contributed by atoms with E-state index in [0.29, 0.717) is 33.5 Å². The maximum absolute atomic E-state index is 12.4. The third-order valence-electron chi connectivity index (χ3n) is 3.84. The highest BCUT2D eigenvalue weighted by Crippen LogP contribution is 2.27. The Morgan fingerprint density at radius 2 is 1.87 bits per heavy atom. The Kier molecular flexibility index (Phi) is 8.70. The highest BCUT2D eigenvalue weighted by molar-refractivity contribution is 6.35. The van der Waals surface area contributed by atoms with Gasteiger partial charge in [0.05, 0.1) is 17.3 Å². The second kappa shape index (κ2) is 11.0. The molecule has 31 heavy (non-hydrogen) atoms. The van der Waals surface area contributed by atoms with Crippen molar-refractivity contribution in [3.8, 4) is 5.75 Å². The van der Waals surface area contributed by atoms with Crippen molar-refractivity contribution in [3.05, 3.63) is 58.1 Å². The van der Waals surface area contributed by atoms with Crippen LogP contribution in [0.3, 0.4) is 0 Å². The number of alkyl halides is 3. The zero-order valence-corrected chi connectivity index (χ0v) is 17.7. The molecule has 0 fully saturated rings. The summed E-state index contributed by atoms with van der Waals surface area (Å²) in [6.07, 6.45) is -4.46. The van der Waals surface area contributed by atoms with Crippen LogP contribution in [0.2, 0.25) is 10.0 Å². The molecule has 2 N–H and O–H groups in total. The van der Waals surface area contributed by atoms with E-state index in [1.807, 2.05) is 0 Å². The molecule has 0 aliphatic carbocycles. The van der Waals surface area contributed by atoms with Gasteiger partial charge in [0, 0.05) is 17.1 Å². The SMILES string of the molecule is C/C(=N/NC(=O)CCCOc1ccc(Cl)cc1Cl)c1cccc(NC(=O)C(F)(F)F)c1. The maximum atomic E-state index is 12.4. The van der Waals surface area contributed by atoms with Gasteiger partial charge in [0.25, 0.3) is 0 Å². The summed E-state index contributed by atoms with van der Waals surface area (Å²) in [6.45, 7) is 1.81. The Balaban J connectivity index is 1.82. The van der Waals surface area contributed by atoms with E-state index in [4.69, 9.17) is 27.9 Å². The van der Waals surface area contributed by atoms with Crippen molar-refractivity contribution >= 4 is 46.4 Å². The van der Waals surface area contributed by atoms with Crippen molar-refractivity contribution in [1.29, 1.82) is 0 Å². The van der Waals surface area contributed by atoms with Crippen molar-refractivity contribution in [2.45, 2.75) is 25.9 Å². The smallest absolute Gasteiger partial charge is 0.471 e. The van der Waals surface area contributed by atoms with E-state index in [0.717, 1.165) is 0 Å². The zero-order valence-electron chi connectivity index (χ0n) is 16.2. The van der Waals surface area contributed by atoms with E-state index in [2.05, 4.69) is 10.5 Å². The standard InChI is InChI=1S/C20H18Cl2F3N3O3/c1-12(13-4-2-5-15(10-13)26-19(30)20(23,24)25)27-28-18(29)6-3-9-31-17-8-7-14(21)11-16(17)22/h2,4-5,7-8,10-11H,3,6,9H2,1H3,(H,26,30)(H,28,29)/b27-12-. The maximum Gasteiger partial charge on any atom is 0.471 e. The molecule has 6 nitrogen and oxygen atoms in total. The van der Waals surface area contributed by atoms with Crippen molar-refractivity contribution in [2.75, 3.05) is 11.9 Å². The Bertz CT molecular complexity index is 982. The molecule has 2 rings (SSSR count). The van der Waals surface area contributed by atoms with E-state index in [1.54, 1.807) is 36.5 Å². The van der Waals surface area contributed by atoms with Gasteiger partial charge in [-0.2, -0.15) is 18.3 Å². The van der Waals surface area contributed by atoms with Gasteiger partial charge < -0.3 is 10.1 Å². The van der Waals surface area contributed by atoms with Crippen LogP contribution in [0, 0.1) is 0 Å². The Morgan fingerprint density at radius 3 is 2.55 bits per heavy atom. The van der Waals surface area contributed by atoms with Crippen LogP contribution < -0.4 is 15.5 Å². The Labute approximate surface area is 186 Å². The number of amides is 2. The summed E-state index contributed by atoms with van der Waals surface area (Å²) in [5.41, 5.74) is 3.10. The van der Waals surface area contributed by atoms with Crippen molar-refractivity contribution in [2.24, 2.45) is 5.10 Å². The largest absolute Gasteiger partial charge is 0.492 e. The fraction of sp³-hybridized carbons (Fsp3) is 0.250. The number of rotatable bonds is 8. The molecule has 2 aromatic carbocycles. The predicted octanol–water partition coefficient (Wildman–Crippen LogP) is 5.19. The number of hydrazone groups is 1. The quantitative estimate of drug-likeness (QED) is 0.313. The number of ether oxygens (including phenoxy) is 1. The summed E-state index contributed by atoms with van der Waals surface area (Å²) in [4.78, 5) is 23.0. The molecule has 0 atom stereocenters. The number of carbonyl (C=O) groups is 2. The molecule has 11 heteroatoms. The second-order valence-electron chi connectivity index (χ2n) is 6.29. The number of benzene rings is 2. The number of anilines is 1. The van der Waals surface area contributed by atoms with E-state index >= 15 is 0 Å². The molecular weight excluding hydrogens is 458 g/mol. The van der Waals surface area contributed by atoms with Gasteiger partial charge in [-0.3, -0.25) is 9.59 Å².